The maximum Gasteiger partial charge on any atom is 0.351 e. The number of nitrogen functional groups attached to an aromatic ring is 4. The van der Waals surface area contributed by atoms with Gasteiger partial charge in [-0.25, -0.2) is 39.3 Å². The first-order chi connectivity index (χ1) is 67.5. The molecule has 6 saturated heterocycles. The molecule has 59 nitrogen and oxygen atoms in total. The highest BCUT2D eigenvalue weighted by Crippen LogP contribution is 2.58. The fourth-order valence-electron chi connectivity index (χ4n) is 16.4. The molecule has 6 fully saturated rings. The Labute approximate surface area is 826 Å². The highest BCUT2D eigenvalue weighted by molar-refractivity contribution is 8.08. The Morgan fingerprint density at radius 1 is 0.387 bits per heavy atom. The molecule has 0 aromatic carbocycles. The second kappa shape index (κ2) is 46.2. The summed E-state index contributed by atoms with van der Waals surface area (Å²) in [5.41, 5.74) is 18.7. The van der Waals surface area contributed by atoms with Gasteiger partial charge in [0.2, 0.25) is 11.9 Å². The average Bonchev–Trinajstić information content (AvgIpc) is 1.60. The van der Waals surface area contributed by atoms with Gasteiger partial charge in [-0.15, -0.1) is 0 Å². The molecule has 0 aliphatic carbocycles. The van der Waals surface area contributed by atoms with Crippen LogP contribution in [-0.4, -0.2) is 329 Å². The van der Waals surface area contributed by atoms with Crippen LogP contribution in [-0.2, 0) is 171 Å². The molecular formula is C73H103N22O37P5S5. The predicted octanol–water partition coefficient (Wildman–Crippen LogP) is -2.14. The molecule has 15 heterocycles. The maximum atomic E-state index is 14.1. The van der Waals surface area contributed by atoms with Crippen molar-refractivity contribution in [1.29, 1.82) is 0 Å². The van der Waals surface area contributed by atoms with Crippen LogP contribution in [0.2, 0.25) is 0 Å². The summed E-state index contributed by atoms with van der Waals surface area (Å²) in [5.74, 6) is -0.699. The molecule has 6 aliphatic rings. The summed E-state index contributed by atoms with van der Waals surface area (Å²) in [7, 11) is 5.44. The van der Waals surface area contributed by atoms with Crippen molar-refractivity contribution in [1.82, 2.24) is 87.2 Å². The van der Waals surface area contributed by atoms with Crippen molar-refractivity contribution in [2.45, 2.75) is 182 Å². The SMILES string of the molecule is CC[C@H]1O[C@@H](n2cnc3c(N)ncnc32)CC1OP(O)(=S)OC[C@H]1O[C@@H](n2cnc3c(=O)[nH]c(N)nc32)CC1OP(O)(=S)OC[C@H]1O[C@@H](n2cnc3c(=O)[nH]c(N)nc32)[C@@H](OCCOC)C1OP(O)(=S)OC[C@H]1O[C@@H](n2cc(C)c(=O)[nH]c2=O)[C@@H](OCCOC)C1OP(O)(=S)OC[C@H]1O[C@@H](n2cc(C)c(N)nc2=O)[C@@H](OCCOC)C1OP(O)(=S)OC[C@H]1O[C@@H](n2cc(C)c(=O)[nH]c2=O)[C@@H](OCCOC)C1O. The third-order valence-electron chi connectivity index (χ3n) is 23.1. The first-order valence-electron chi connectivity index (χ1n) is 43.2. The second-order valence-electron chi connectivity index (χ2n) is 32.6. The molecule has 69 heteroatoms. The monoisotopic (exact) mass is 2190 g/mol. The van der Waals surface area contributed by atoms with Crippen LogP contribution in [0.3, 0.4) is 0 Å². The number of hydrogen-bond acceptors (Lipinski definition) is 49. The summed E-state index contributed by atoms with van der Waals surface area (Å²) in [6.45, 7) is -23.5. The molecule has 9 aromatic heterocycles. The number of anilines is 4. The number of aromatic amines is 4. The molecule has 0 amide bonds. The number of aliphatic hydroxyl groups excluding tert-OH is 1. The van der Waals surface area contributed by atoms with Crippen molar-refractivity contribution in [2.24, 2.45) is 0 Å². The minimum Gasteiger partial charge on any atom is -0.387 e. The number of nitrogens with zero attached hydrogens (tertiary/aromatic N) is 14. The highest BCUT2D eigenvalue weighted by atomic mass is 32.5. The van der Waals surface area contributed by atoms with Gasteiger partial charge in [0.15, 0.2) is 58.7 Å². The number of rotatable bonds is 48. The quantitative estimate of drug-likeness (QED) is 0.0143. The molecule has 9 aromatic rings. The molecular weight excluding hydrogens is 2090 g/mol. The van der Waals surface area contributed by atoms with E-state index in [4.69, 9.17) is 194 Å². The standard InChI is InChI=1S/C73H103N22O37P5S5/c1-9-35-36(18-43(122-35)93-29-80-45-57(75)78-28-79-58(45)93)128-133(104,138)117-23-38-37(19-44(123-38)94-30-81-46-59(94)84-69(76)86-63(46)99)129-134(105,139)119-25-42-51(55(116-17-13-112-8)68(127-42)95-31-82-47-60(95)85-70(77)87-64(47)100)132-137(108,142)121-27-41-50(54(115-16-12-111-7)67(126-41)92-22-34(4)62(98)89-73(92)103)131-136(107,141)120-26-40-49(53(114-15-11-110-6)66(125-40)90-20-32(2)56(74)83-71(90)101)130-135(106,140)118-24-39-48(96)52(113-14-10-109-5)65(124-39)91-21-33(3)61(97)88-72(91)102/h20-22,28-31,35-44,48-55,65-68,96H,9-19,23-27H2,1-8H3,(H,104,138)(H,105,139)(H,106,140)(H,107,141)(H,108,142)(H2,74,83,101)(H2,75,78,79)(H,88,97,102)(H,89,98,103)(H3,76,84,86,99)(H3,77,85,87,100)/t35-,36?,37?,38-,39-,40-,41-,42-,43-,44-,48?,49?,50?,51?,52+,53+,54+,55+,65-,66-,67-,68-,133?,134?,135?,136?,137?/m1/s1. The Bertz CT molecular complexity index is 6720. The molecule has 0 bridgehead atoms. The first-order valence-corrected chi connectivity index (χ1v) is 56.1. The fourth-order valence-corrected chi connectivity index (χ4v) is 23.7. The lowest BCUT2D eigenvalue weighted by atomic mass is 10.1. The van der Waals surface area contributed by atoms with Gasteiger partial charge in [-0.3, -0.25) is 80.1 Å². The Balaban J connectivity index is 0.708. The summed E-state index contributed by atoms with van der Waals surface area (Å²) in [4.78, 5) is 199. The van der Waals surface area contributed by atoms with Gasteiger partial charge >= 0.3 is 50.7 Å². The van der Waals surface area contributed by atoms with Crippen molar-refractivity contribution in [3.05, 3.63) is 133 Å². The molecule has 27 atom stereocenters. The number of fused-ring (bicyclic) bond motifs is 3. The number of ether oxygens (including phenoxy) is 14. The Morgan fingerprint density at radius 3 is 1.20 bits per heavy atom. The van der Waals surface area contributed by atoms with Crippen LogP contribution < -0.4 is 62.2 Å². The van der Waals surface area contributed by atoms with E-state index in [2.05, 4.69) is 59.8 Å². The van der Waals surface area contributed by atoms with Gasteiger partial charge in [-0.2, -0.15) is 15.0 Å². The van der Waals surface area contributed by atoms with Gasteiger partial charge in [-0.05, 0) is 86.2 Å². The zero-order valence-electron chi connectivity index (χ0n) is 76.2. The van der Waals surface area contributed by atoms with Crippen LogP contribution in [0.1, 0.15) is 80.2 Å². The van der Waals surface area contributed by atoms with Gasteiger partial charge in [-0.1, -0.05) is 6.92 Å². The van der Waals surface area contributed by atoms with Crippen LogP contribution in [0.5, 0.6) is 0 Å². The minimum atomic E-state index is -5.05. The molecule has 142 heavy (non-hydrogen) atoms. The zero-order valence-corrected chi connectivity index (χ0v) is 84.8. The molecule has 782 valence electrons. The topological polar surface area (TPSA) is 762 Å². The van der Waals surface area contributed by atoms with E-state index in [1.54, 1.807) is 4.57 Å². The Hall–Kier alpha value is -7.26. The highest BCUT2D eigenvalue weighted by Gasteiger charge is 2.57. The van der Waals surface area contributed by atoms with E-state index in [1.807, 2.05) is 6.92 Å². The summed E-state index contributed by atoms with van der Waals surface area (Å²) >= 11 is 28.8. The molecule has 11 unspecified atom stereocenters. The van der Waals surface area contributed by atoms with E-state index >= 15 is 0 Å². The van der Waals surface area contributed by atoms with Crippen molar-refractivity contribution >= 4 is 150 Å². The number of aryl methyl sites for hydroxylation is 3. The van der Waals surface area contributed by atoms with Crippen molar-refractivity contribution in [3.8, 4) is 0 Å². The number of aromatic nitrogens is 18. The summed E-state index contributed by atoms with van der Waals surface area (Å²) < 4.78 is 154. The summed E-state index contributed by atoms with van der Waals surface area (Å²) in [6, 6.07) is 0. The van der Waals surface area contributed by atoms with Gasteiger partial charge in [0.1, 0.15) is 109 Å². The van der Waals surface area contributed by atoms with E-state index in [-0.39, 0.29) is 128 Å². The predicted molar refractivity (Wildman–Crippen MR) is 507 cm³/mol. The van der Waals surface area contributed by atoms with Crippen LogP contribution >= 0.6 is 33.6 Å². The Kier molecular flexibility index (Phi) is 35.5. The normalized spacial score (nSPS) is 29.1. The maximum absolute atomic E-state index is 14.1. The smallest absolute Gasteiger partial charge is 0.351 e. The van der Waals surface area contributed by atoms with Gasteiger partial charge in [0.25, 0.3) is 22.2 Å². The molecule has 6 aliphatic heterocycles. The molecule has 15 rings (SSSR count). The molecule has 0 saturated carbocycles. The van der Waals surface area contributed by atoms with E-state index in [9.17, 15) is 63.1 Å². The minimum absolute atomic E-state index is 0.0242. The number of nitrogens with one attached hydrogen (secondary N) is 4. The summed E-state index contributed by atoms with van der Waals surface area (Å²) in [5, 5.41) is 11.8. The average molecular weight is 2200 g/mol. The van der Waals surface area contributed by atoms with Gasteiger partial charge in [0.05, 0.1) is 123 Å². The summed E-state index contributed by atoms with van der Waals surface area (Å²) in [6.07, 6.45) is -23.4. The third kappa shape index (κ3) is 25.1. The molecule has 0 spiro atoms. The third-order valence-corrected chi connectivity index (χ3v) is 31.0. The number of aliphatic hydroxyl groups is 1. The molecule has 0 radical (unpaired) electrons. The van der Waals surface area contributed by atoms with Crippen LogP contribution in [0.4, 0.5) is 23.5 Å². The van der Waals surface area contributed by atoms with Crippen molar-refractivity contribution < 1.29 is 141 Å². The lowest BCUT2D eigenvalue weighted by molar-refractivity contribution is -0.0840. The number of H-pyrrole nitrogens is 4. The lowest BCUT2D eigenvalue weighted by Crippen LogP contribution is -2.42. The Morgan fingerprint density at radius 2 is 0.746 bits per heavy atom. The van der Waals surface area contributed by atoms with E-state index in [0.717, 1.165) is 26.2 Å². The van der Waals surface area contributed by atoms with Crippen LogP contribution in [0, 0.1) is 20.8 Å². The van der Waals surface area contributed by atoms with Gasteiger partial charge < -0.3 is 150 Å². The number of nitrogens with two attached hydrogens (primary N) is 4. The van der Waals surface area contributed by atoms with E-state index < -0.39 is 241 Å². The fraction of sp³-hybridized carbons (Fsp3) is 0.630. The number of imidazole rings is 3. The first kappa shape index (κ1) is 109. The van der Waals surface area contributed by atoms with Gasteiger partial charge in [0, 0.05) is 76.6 Å². The second-order valence-corrected chi connectivity index (χ2v) is 46.6. The van der Waals surface area contributed by atoms with Crippen LogP contribution in [0.15, 0.2) is 77.5 Å². The van der Waals surface area contributed by atoms with Crippen molar-refractivity contribution in [2.75, 3.05) is 137 Å². The van der Waals surface area contributed by atoms with E-state index in [1.165, 1.54) is 89.7 Å². The number of methoxy groups -OCH3 is 4. The molecule has 18 N–H and O–H groups in total. The zero-order chi connectivity index (χ0) is 102. The lowest BCUT2D eigenvalue weighted by Gasteiger charge is -2.31. The number of hydrogen-bond donors (Lipinski definition) is 14. The van der Waals surface area contributed by atoms with Crippen molar-refractivity contribution in [3.63, 3.8) is 0 Å². The van der Waals surface area contributed by atoms with Crippen LogP contribution in [0.25, 0.3) is 33.5 Å². The largest absolute Gasteiger partial charge is 0.387 e. The van der Waals surface area contributed by atoms with E-state index in [0.29, 0.717) is 17.6 Å².